The van der Waals surface area contributed by atoms with Gasteiger partial charge in [-0.2, -0.15) is 0 Å². The first kappa shape index (κ1) is 22.2. The van der Waals surface area contributed by atoms with E-state index in [-0.39, 0.29) is 6.04 Å². The summed E-state index contributed by atoms with van der Waals surface area (Å²) < 4.78 is 10.7. The summed E-state index contributed by atoms with van der Waals surface area (Å²) in [5, 5.41) is 10.9. The van der Waals surface area contributed by atoms with Gasteiger partial charge in [-0.15, -0.1) is 0 Å². The van der Waals surface area contributed by atoms with Crippen molar-refractivity contribution in [1.29, 1.82) is 0 Å². The van der Waals surface area contributed by atoms with Crippen molar-refractivity contribution in [1.82, 2.24) is 20.7 Å². The number of likely N-dealkylation sites (tertiary alicyclic amines) is 1. The van der Waals surface area contributed by atoms with Crippen LogP contribution >= 0.6 is 0 Å². The SMILES string of the molecule is CCNC(=NCc1cc(CC)no1)NCC(c1ccc(OC)cc1)N1CCCCC1. The molecule has 0 spiro atoms. The molecular weight excluding hydrogens is 378 g/mol. The van der Waals surface area contributed by atoms with Crippen molar-refractivity contribution in [3.05, 3.63) is 47.3 Å². The number of hydrogen-bond donors (Lipinski definition) is 2. The number of methoxy groups -OCH3 is 1. The van der Waals surface area contributed by atoms with Crippen LogP contribution in [0, 0.1) is 0 Å². The van der Waals surface area contributed by atoms with Gasteiger partial charge in [-0.25, -0.2) is 4.99 Å². The number of ether oxygens (including phenoxy) is 1. The molecule has 164 valence electrons. The smallest absolute Gasteiger partial charge is 0.191 e. The maximum atomic E-state index is 5.36. The minimum Gasteiger partial charge on any atom is -0.497 e. The van der Waals surface area contributed by atoms with E-state index in [9.17, 15) is 0 Å². The number of nitrogens with zero attached hydrogens (tertiary/aromatic N) is 3. The molecule has 2 N–H and O–H groups in total. The van der Waals surface area contributed by atoms with Crippen LogP contribution in [0.5, 0.6) is 5.75 Å². The van der Waals surface area contributed by atoms with Crippen LogP contribution in [-0.2, 0) is 13.0 Å². The Labute approximate surface area is 179 Å². The summed E-state index contributed by atoms with van der Waals surface area (Å²) in [7, 11) is 1.70. The molecule has 1 unspecified atom stereocenters. The summed E-state index contributed by atoms with van der Waals surface area (Å²) >= 11 is 0. The molecule has 1 aliphatic heterocycles. The zero-order valence-electron chi connectivity index (χ0n) is 18.5. The Morgan fingerprint density at radius 1 is 1.17 bits per heavy atom. The van der Waals surface area contributed by atoms with Crippen molar-refractivity contribution >= 4 is 5.96 Å². The molecule has 2 heterocycles. The molecule has 1 aromatic heterocycles. The van der Waals surface area contributed by atoms with Crippen molar-refractivity contribution in [2.24, 2.45) is 4.99 Å². The fraction of sp³-hybridized carbons (Fsp3) is 0.565. The standard InChI is InChI=1S/C23H35N5O2/c1-4-19-15-21(30-27-19)16-25-23(24-5-2)26-17-22(28-13-7-6-8-14-28)18-9-11-20(29-3)12-10-18/h9-12,15,22H,4-8,13-14,16-17H2,1-3H3,(H2,24,25,26). The van der Waals surface area contributed by atoms with Gasteiger partial charge in [0.05, 0.1) is 18.8 Å². The van der Waals surface area contributed by atoms with Gasteiger partial charge in [-0.1, -0.05) is 30.6 Å². The number of guanidine groups is 1. The average Bonchev–Trinajstić information content (AvgIpc) is 3.27. The maximum absolute atomic E-state index is 5.36. The maximum Gasteiger partial charge on any atom is 0.191 e. The highest BCUT2D eigenvalue weighted by atomic mass is 16.5. The van der Waals surface area contributed by atoms with Gasteiger partial charge in [0.15, 0.2) is 11.7 Å². The first-order valence-corrected chi connectivity index (χ1v) is 11.1. The van der Waals surface area contributed by atoms with Crippen LogP contribution < -0.4 is 15.4 Å². The number of hydrogen-bond acceptors (Lipinski definition) is 5. The van der Waals surface area contributed by atoms with Crippen molar-refractivity contribution in [3.8, 4) is 5.75 Å². The number of rotatable bonds is 9. The van der Waals surface area contributed by atoms with Crippen molar-refractivity contribution in [3.63, 3.8) is 0 Å². The van der Waals surface area contributed by atoms with Gasteiger partial charge >= 0.3 is 0 Å². The molecule has 1 aliphatic rings. The molecular formula is C23H35N5O2. The molecule has 0 amide bonds. The summed E-state index contributed by atoms with van der Waals surface area (Å²) in [6.45, 7) is 8.46. The fourth-order valence-electron chi connectivity index (χ4n) is 3.80. The van der Waals surface area contributed by atoms with Crippen LogP contribution in [0.4, 0.5) is 0 Å². The normalized spacial score (nSPS) is 16.3. The summed E-state index contributed by atoms with van der Waals surface area (Å²) in [6.07, 6.45) is 4.70. The average molecular weight is 414 g/mol. The van der Waals surface area contributed by atoms with E-state index in [1.165, 1.54) is 24.8 Å². The Kier molecular flexibility index (Phi) is 8.56. The molecule has 7 nitrogen and oxygen atoms in total. The van der Waals surface area contributed by atoms with Crippen LogP contribution in [-0.4, -0.2) is 49.3 Å². The number of aryl methyl sites for hydroxylation is 1. The lowest BCUT2D eigenvalue weighted by atomic mass is 10.0. The highest BCUT2D eigenvalue weighted by molar-refractivity contribution is 5.79. The highest BCUT2D eigenvalue weighted by Gasteiger charge is 2.22. The molecule has 1 atom stereocenters. The quantitative estimate of drug-likeness (QED) is 0.484. The van der Waals surface area contributed by atoms with Gasteiger partial charge in [0.25, 0.3) is 0 Å². The zero-order chi connectivity index (χ0) is 21.2. The van der Waals surface area contributed by atoms with Crippen LogP contribution in [0.1, 0.15) is 56.2 Å². The Morgan fingerprint density at radius 2 is 1.93 bits per heavy atom. The van der Waals surface area contributed by atoms with Crippen LogP contribution in [0.2, 0.25) is 0 Å². The summed E-state index contributed by atoms with van der Waals surface area (Å²) in [5.74, 6) is 2.46. The number of nitrogens with one attached hydrogen (secondary N) is 2. The Morgan fingerprint density at radius 3 is 2.57 bits per heavy atom. The van der Waals surface area contributed by atoms with E-state index >= 15 is 0 Å². The molecule has 1 aromatic carbocycles. The van der Waals surface area contributed by atoms with Gasteiger partial charge in [0.1, 0.15) is 12.3 Å². The predicted molar refractivity (Wildman–Crippen MR) is 120 cm³/mol. The number of benzene rings is 1. The third kappa shape index (κ3) is 6.23. The van der Waals surface area contributed by atoms with Crippen molar-refractivity contribution < 1.29 is 9.26 Å². The van der Waals surface area contributed by atoms with E-state index in [2.05, 4.69) is 46.7 Å². The second-order valence-corrected chi connectivity index (χ2v) is 7.60. The third-order valence-electron chi connectivity index (χ3n) is 5.50. The molecule has 3 rings (SSSR count). The van der Waals surface area contributed by atoms with E-state index in [0.717, 1.165) is 55.8 Å². The molecule has 0 radical (unpaired) electrons. The van der Waals surface area contributed by atoms with Crippen LogP contribution in [0.25, 0.3) is 0 Å². The van der Waals surface area contributed by atoms with Crippen molar-refractivity contribution in [2.45, 2.75) is 52.1 Å². The van der Waals surface area contributed by atoms with Gasteiger partial charge in [0.2, 0.25) is 0 Å². The van der Waals surface area contributed by atoms with Crippen LogP contribution in [0.3, 0.4) is 0 Å². The van der Waals surface area contributed by atoms with Crippen molar-refractivity contribution in [2.75, 3.05) is 33.3 Å². The summed E-state index contributed by atoms with van der Waals surface area (Å²) in [4.78, 5) is 7.27. The lowest BCUT2D eigenvalue weighted by molar-refractivity contribution is 0.164. The number of piperidine rings is 1. The largest absolute Gasteiger partial charge is 0.497 e. The molecule has 1 fully saturated rings. The fourth-order valence-corrected chi connectivity index (χ4v) is 3.80. The third-order valence-corrected chi connectivity index (χ3v) is 5.50. The molecule has 7 heteroatoms. The zero-order valence-corrected chi connectivity index (χ0v) is 18.5. The van der Waals surface area contributed by atoms with Crippen LogP contribution in [0.15, 0.2) is 39.8 Å². The summed E-state index contributed by atoms with van der Waals surface area (Å²) in [5.41, 5.74) is 2.26. The Balaban J connectivity index is 1.69. The number of aromatic nitrogens is 1. The molecule has 0 aliphatic carbocycles. The van der Waals surface area contributed by atoms with Gasteiger partial charge in [-0.05, 0) is 57.0 Å². The first-order chi connectivity index (χ1) is 14.7. The van der Waals surface area contributed by atoms with E-state index in [0.29, 0.717) is 6.54 Å². The molecule has 0 saturated carbocycles. The second kappa shape index (κ2) is 11.6. The minimum absolute atomic E-state index is 0.289. The second-order valence-electron chi connectivity index (χ2n) is 7.60. The number of aliphatic imine (C=N–C) groups is 1. The molecule has 30 heavy (non-hydrogen) atoms. The summed E-state index contributed by atoms with van der Waals surface area (Å²) in [6, 6.07) is 10.7. The topological polar surface area (TPSA) is 74.9 Å². The molecule has 2 aromatic rings. The van der Waals surface area contributed by atoms with Gasteiger partial charge in [0, 0.05) is 19.2 Å². The lowest BCUT2D eigenvalue weighted by Crippen LogP contribution is -2.44. The lowest BCUT2D eigenvalue weighted by Gasteiger charge is -2.35. The van der Waals surface area contributed by atoms with E-state index in [1.807, 2.05) is 18.2 Å². The van der Waals surface area contributed by atoms with E-state index in [1.54, 1.807) is 7.11 Å². The monoisotopic (exact) mass is 413 g/mol. The minimum atomic E-state index is 0.289. The Bertz CT molecular complexity index is 781. The van der Waals surface area contributed by atoms with E-state index < -0.39 is 0 Å². The molecule has 1 saturated heterocycles. The van der Waals surface area contributed by atoms with E-state index in [4.69, 9.17) is 14.3 Å². The molecule has 0 bridgehead atoms. The first-order valence-electron chi connectivity index (χ1n) is 11.1. The predicted octanol–water partition coefficient (Wildman–Crippen LogP) is 3.53. The van der Waals surface area contributed by atoms with Gasteiger partial charge < -0.3 is 19.9 Å². The van der Waals surface area contributed by atoms with Gasteiger partial charge in [-0.3, -0.25) is 4.90 Å². The highest BCUT2D eigenvalue weighted by Crippen LogP contribution is 2.25. The Hall–Kier alpha value is -2.54.